The maximum atomic E-state index is 13.5. The number of aromatic nitrogens is 2. The van der Waals surface area contributed by atoms with Crippen molar-refractivity contribution < 1.29 is 31.5 Å². The number of hydrogen-bond acceptors (Lipinski definition) is 8. The summed E-state index contributed by atoms with van der Waals surface area (Å²) in [6.07, 6.45) is 1.95. The number of nitrogens with zero attached hydrogens (tertiary/aromatic N) is 4. The molecule has 42 heavy (non-hydrogen) atoms. The van der Waals surface area contributed by atoms with Gasteiger partial charge in [0.1, 0.15) is 11.9 Å². The molecule has 3 atom stereocenters. The van der Waals surface area contributed by atoms with E-state index >= 15 is 0 Å². The smallest absolute Gasteiger partial charge is 0.280 e. The minimum Gasteiger partial charge on any atom is -0.488 e. The van der Waals surface area contributed by atoms with E-state index in [1.54, 1.807) is 49.2 Å². The number of ether oxygens (including phenoxy) is 1. The molecule has 0 unspecified atom stereocenters. The standard InChI is InChI=1S/C28H37N5O7S2/c1-19-6-9-24(10-7-19)42(38,39)32(5)15-26-20(2)14-33(21(3)17-34)28(35)13-22-12-23(8-11-25(22)40-26)30-41(36,37)27-16-31(4)18-29-27/h6-12,16,18,20-21,26,30,34H,13-15,17H2,1-5H3/t20-,21-,26+/m0/s1. The minimum atomic E-state index is -3.99. The SMILES string of the molecule is Cc1ccc(S(=O)(=O)N(C)C[C@H]2Oc3ccc(NS(=O)(=O)c4cn(C)cn4)cc3CC(=O)N([C@@H](C)CO)C[C@@H]2C)cc1. The van der Waals surface area contributed by atoms with Crippen molar-refractivity contribution >= 4 is 31.6 Å². The van der Waals surface area contributed by atoms with Gasteiger partial charge in [0.05, 0.1) is 36.8 Å². The first-order valence-corrected chi connectivity index (χ1v) is 16.4. The topological polar surface area (TPSA) is 151 Å². The molecule has 1 aromatic heterocycles. The van der Waals surface area contributed by atoms with Crippen molar-refractivity contribution in [1.29, 1.82) is 0 Å². The number of anilines is 1. The van der Waals surface area contributed by atoms with Crippen LogP contribution in [0.1, 0.15) is 25.0 Å². The van der Waals surface area contributed by atoms with Crippen molar-refractivity contribution in [2.75, 3.05) is 31.5 Å². The van der Waals surface area contributed by atoms with E-state index in [2.05, 4.69) is 9.71 Å². The number of aliphatic hydroxyl groups excluding tert-OH is 1. The van der Waals surface area contributed by atoms with Crippen molar-refractivity contribution in [3.63, 3.8) is 0 Å². The Hall–Kier alpha value is -3.46. The maximum Gasteiger partial charge on any atom is 0.280 e. The van der Waals surface area contributed by atoms with Gasteiger partial charge in [0.25, 0.3) is 10.0 Å². The zero-order valence-corrected chi connectivity index (χ0v) is 25.9. The van der Waals surface area contributed by atoms with E-state index in [1.165, 1.54) is 40.6 Å². The molecule has 1 amide bonds. The second-order valence-electron chi connectivity index (χ2n) is 10.8. The summed E-state index contributed by atoms with van der Waals surface area (Å²) in [5, 5.41) is 9.71. The molecule has 4 rings (SSSR count). The molecule has 2 heterocycles. The molecular weight excluding hydrogens is 582 g/mol. The molecule has 14 heteroatoms. The van der Waals surface area contributed by atoms with Gasteiger partial charge in [-0.15, -0.1) is 0 Å². The summed E-state index contributed by atoms with van der Waals surface area (Å²) in [4.78, 5) is 19.1. The maximum absolute atomic E-state index is 13.5. The lowest BCUT2D eigenvalue weighted by molar-refractivity contribution is -0.134. The summed E-state index contributed by atoms with van der Waals surface area (Å²) in [5.74, 6) is -0.271. The first-order chi connectivity index (χ1) is 19.7. The van der Waals surface area contributed by atoms with Gasteiger partial charge < -0.3 is 19.3 Å². The van der Waals surface area contributed by atoms with Gasteiger partial charge in [-0.05, 0) is 44.2 Å². The lowest BCUT2D eigenvalue weighted by Gasteiger charge is -2.33. The van der Waals surface area contributed by atoms with Gasteiger partial charge in [0, 0.05) is 44.0 Å². The highest BCUT2D eigenvalue weighted by Crippen LogP contribution is 2.30. The Labute approximate surface area is 247 Å². The molecule has 3 aromatic rings. The number of nitrogens with one attached hydrogen (secondary N) is 1. The lowest BCUT2D eigenvalue weighted by Crippen LogP contribution is -2.48. The van der Waals surface area contributed by atoms with Gasteiger partial charge in [-0.3, -0.25) is 9.52 Å². The van der Waals surface area contributed by atoms with Crippen LogP contribution in [0.4, 0.5) is 5.69 Å². The number of rotatable bonds is 9. The zero-order chi connectivity index (χ0) is 30.8. The molecule has 0 saturated carbocycles. The van der Waals surface area contributed by atoms with Crippen molar-refractivity contribution in [3.05, 3.63) is 66.1 Å². The van der Waals surface area contributed by atoms with Gasteiger partial charge in [0.2, 0.25) is 15.9 Å². The fourth-order valence-corrected chi connectivity index (χ4v) is 6.90. The van der Waals surface area contributed by atoms with Crippen LogP contribution < -0.4 is 9.46 Å². The summed E-state index contributed by atoms with van der Waals surface area (Å²) in [5.41, 5.74) is 1.56. The number of fused-ring (bicyclic) bond motifs is 1. The molecule has 0 bridgehead atoms. The zero-order valence-electron chi connectivity index (χ0n) is 24.3. The third kappa shape index (κ3) is 6.94. The highest BCUT2D eigenvalue weighted by Gasteiger charge is 2.33. The molecule has 1 aliphatic heterocycles. The van der Waals surface area contributed by atoms with Crippen LogP contribution in [0.2, 0.25) is 0 Å². The molecule has 0 saturated heterocycles. The van der Waals surface area contributed by atoms with Gasteiger partial charge >= 0.3 is 0 Å². The summed E-state index contributed by atoms with van der Waals surface area (Å²) in [7, 11) is -4.69. The highest BCUT2D eigenvalue weighted by molar-refractivity contribution is 7.92. The number of sulfonamides is 2. The number of hydrogen-bond donors (Lipinski definition) is 2. The number of aliphatic hydroxyl groups is 1. The summed E-state index contributed by atoms with van der Waals surface area (Å²) in [6, 6.07) is 10.7. The number of carbonyl (C=O) groups excluding carboxylic acids is 1. The third-order valence-corrected chi connectivity index (χ3v) is 10.4. The number of imidazole rings is 1. The second kappa shape index (κ2) is 12.4. The molecule has 2 aromatic carbocycles. The summed E-state index contributed by atoms with van der Waals surface area (Å²) < 4.78 is 64.1. The molecule has 228 valence electrons. The van der Waals surface area contributed by atoms with Gasteiger partial charge in [-0.25, -0.2) is 13.4 Å². The van der Waals surface area contributed by atoms with E-state index in [0.717, 1.165) is 5.56 Å². The van der Waals surface area contributed by atoms with E-state index in [0.29, 0.717) is 11.3 Å². The molecule has 1 aliphatic rings. The first-order valence-electron chi connectivity index (χ1n) is 13.4. The predicted octanol–water partition coefficient (Wildman–Crippen LogP) is 2.00. The van der Waals surface area contributed by atoms with Gasteiger partial charge in [0.15, 0.2) is 5.03 Å². The van der Waals surface area contributed by atoms with Crippen LogP contribution in [0.5, 0.6) is 5.75 Å². The van der Waals surface area contributed by atoms with Crippen LogP contribution >= 0.6 is 0 Å². The number of likely N-dealkylation sites (N-methyl/N-ethyl adjacent to an activating group) is 1. The van der Waals surface area contributed by atoms with Crippen molar-refractivity contribution in [2.45, 2.75) is 49.3 Å². The van der Waals surface area contributed by atoms with E-state index in [-0.39, 0.29) is 53.6 Å². The van der Waals surface area contributed by atoms with E-state index < -0.39 is 32.2 Å². The molecular formula is C28H37N5O7S2. The average molecular weight is 620 g/mol. The van der Waals surface area contributed by atoms with Gasteiger partial charge in [-0.2, -0.15) is 12.7 Å². The van der Waals surface area contributed by atoms with Crippen LogP contribution in [-0.2, 0) is 38.3 Å². The second-order valence-corrected chi connectivity index (χ2v) is 14.5. The summed E-state index contributed by atoms with van der Waals surface area (Å²) in [6.45, 7) is 5.41. The van der Waals surface area contributed by atoms with Crippen molar-refractivity contribution in [3.8, 4) is 5.75 Å². The Balaban J connectivity index is 1.68. The van der Waals surface area contributed by atoms with E-state index in [4.69, 9.17) is 4.74 Å². The van der Waals surface area contributed by atoms with E-state index in [1.807, 2.05) is 13.8 Å². The lowest BCUT2D eigenvalue weighted by atomic mass is 10.0. The monoisotopic (exact) mass is 619 g/mol. The number of carbonyl (C=O) groups is 1. The molecule has 2 N–H and O–H groups in total. The van der Waals surface area contributed by atoms with Crippen LogP contribution in [0.3, 0.4) is 0 Å². The Morgan fingerprint density at radius 2 is 1.86 bits per heavy atom. The third-order valence-electron chi connectivity index (χ3n) is 7.29. The summed E-state index contributed by atoms with van der Waals surface area (Å²) >= 11 is 0. The molecule has 0 aliphatic carbocycles. The molecule has 0 radical (unpaired) electrons. The number of aryl methyl sites for hydroxylation is 2. The minimum absolute atomic E-state index is 0.0135. The number of amides is 1. The largest absolute Gasteiger partial charge is 0.488 e. The molecule has 0 spiro atoms. The first kappa shape index (κ1) is 31.5. The van der Waals surface area contributed by atoms with Gasteiger partial charge in [-0.1, -0.05) is 24.6 Å². The highest BCUT2D eigenvalue weighted by atomic mass is 32.2. The van der Waals surface area contributed by atoms with Crippen molar-refractivity contribution in [1.82, 2.24) is 18.8 Å². The Morgan fingerprint density at radius 1 is 1.17 bits per heavy atom. The molecule has 0 fully saturated rings. The van der Waals surface area contributed by atoms with Crippen LogP contribution in [0.15, 0.2) is 64.9 Å². The number of benzene rings is 2. The quantitative estimate of drug-likeness (QED) is 0.369. The van der Waals surface area contributed by atoms with Crippen molar-refractivity contribution in [2.24, 2.45) is 13.0 Å². The van der Waals surface area contributed by atoms with Crippen LogP contribution in [-0.4, -0.2) is 85.5 Å². The van der Waals surface area contributed by atoms with Crippen LogP contribution in [0, 0.1) is 12.8 Å². The molecule has 12 nitrogen and oxygen atoms in total. The Bertz CT molecular complexity index is 1640. The Morgan fingerprint density at radius 3 is 2.48 bits per heavy atom. The van der Waals surface area contributed by atoms with Crippen LogP contribution in [0.25, 0.3) is 0 Å². The normalized spacial score (nSPS) is 18.9. The van der Waals surface area contributed by atoms with E-state index in [9.17, 15) is 26.7 Å². The fourth-order valence-electron chi connectivity index (χ4n) is 4.69. The average Bonchev–Trinajstić information content (AvgIpc) is 3.40. The Kier molecular flexibility index (Phi) is 9.30. The fraction of sp³-hybridized carbons (Fsp3) is 0.429. The predicted molar refractivity (Wildman–Crippen MR) is 157 cm³/mol.